The van der Waals surface area contributed by atoms with E-state index < -0.39 is 11.7 Å². The van der Waals surface area contributed by atoms with Gasteiger partial charge in [-0.3, -0.25) is 14.0 Å². The summed E-state index contributed by atoms with van der Waals surface area (Å²) in [6, 6.07) is 9.50. The number of imidazole rings is 1. The number of carbonyl (C=O) groups is 2. The molecular weight excluding hydrogens is 347 g/mol. The number of halogens is 1. The smallest absolute Gasteiger partial charge is 0.274 e. The van der Waals surface area contributed by atoms with Crippen LogP contribution in [0.4, 0.5) is 10.1 Å². The second-order valence-electron chi connectivity index (χ2n) is 6.68. The normalized spacial score (nSPS) is 14.4. The van der Waals surface area contributed by atoms with Gasteiger partial charge in [-0.1, -0.05) is 18.9 Å². The first-order valence-corrected chi connectivity index (χ1v) is 8.96. The van der Waals surface area contributed by atoms with E-state index in [2.05, 4.69) is 15.6 Å². The van der Waals surface area contributed by atoms with Crippen LogP contribution in [0.1, 0.15) is 46.5 Å². The molecule has 2 aromatic heterocycles. The largest absolute Gasteiger partial charge is 0.349 e. The topological polar surface area (TPSA) is 75.5 Å². The van der Waals surface area contributed by atoms with Gasteiger partial charge in [-0.05, 0) is 43.2 Å². The molecule has 1 saturated carbocycles. The number of benzene rings is 1. The maximum absolute atomic E-state index is 14.2. The van der Waals surface area contributed by atoms with E-state index in [-0.39, 0.29) is 23.3 Å². The second-order valence-corrected chi connectivity index (χ2v) is 6.68. The second kappa shape index (κ2) is 7.19. The molecule has 0 saturated heterocycles. The minimum Gasteiger partial charge on any atom is -0.349 e. The van der Waals surface area contributed by atoms with Crippen LogP contribution in [-0.2, 0) is 0 Å². The fourth-order valence-corrected chi connectivity index (χ4v) is 3.39. The van der Waals surface area contributed by atoms with E-state index >= 15 is 0 Å². The molecule has 1 aromatic carbocycles. The van der Waals surface area contributed by atoms with Crippen LogP contribution >= 0.6 is 0 Å². The average Bonchev–Trinajstić information content (AvgIpc) is 3.33. The zero-order chi connectivity index (χ0) is 18.8. The molecule has 0 aliphatic heterocycles. The third kappa shape index (κ3) is 3.53. The third-order valence-electron chi connectivity index (χ3n) is 4.82. The Morgan fingerprint density at radius 3 is 2.74 bits per heavy atom. The van der Waals surface area contributed by atoms with Gasteiger partial charge in [0.25, 0.3) is 11.8 Å². The molecule has 1 fully saturated rings. The first-order chi connectivity index (χ1) is 13.1. The van der Waals surface area contributed by atoms with Gasteiger partial charge in [0.05, 0.1) is 11.9 Å². The Kier molecular flexibility index (Phi) is 4.58. The number of hydrogen-bond donors (Lipinski definition) is 2. The van der Waals surface area contributed by atoms with Crippen LogP contribution in [-0.4, -0.2) is 27.2 Å². The summed E-state index contributed by atoms with van der Waals surface area (Å²) in [5.74, 6) is -1.36. The summed E-state index contributed by atoms with van der Waals surface area (Å²) >= 11 is 0. The minimum atomic E-state index is -0.602. The van der Waals surface area contributed by atoms with E-state index in [1.54, 1.807) is 22.7 Å². The number of fused-ring (bicyclic) bond motifs is 1. The fourth-order valence-electron chi connectivity index (χ4n) is 3.39. The van der Waals surface area contributed by atoms with E-state index in [4.69, 9.17) is 0 Å². The van der Waals surface area contributed by atoms with Crippen molar-refractivity contribution in [3.8, 4) is 0 Å². The zero-order valence-electron chi connectivity index (χ0n) is 14.6. The van der Waals surface area contributed by atoms with Crippen molar-refractivity contribution in [1.82, 2.24) is 14.7 Å². The maximum atomic E-state index is 14.2. The average molecular weight is 366 g/mol. The first-order valence-electron chi connectivity index (χ1n) is 8.96. The number of nitrogens with one attached hydrogen (secondary N) is 2. The van der Waals surface area contributed by atoms with Gasteiger partial charge in [-0.25, -0.2) is 9.37 Å². The Labute approximate surface area is 155 Å². The Balaban J connectivity index is 1.54. The molecule has 0 radical (unpaired) electrons. The molecule has 1 aliphatic rings. The Morgan fingerprint density at radius 2 is 1.93 bits per heavy atom. The van der Waals surface area contributed by atoms with E-state index in [9.17, 15) is 14.0 Å². The van der Waals surface area contributed by atoms with Crippen molar-refractivity contribution >= 4 is 23.1 Å². The standard InChI is InChI=1S/C20H19FN4O2/c21-15-9-8-13(19(26)23-14-5-1-2-6-14)11-16(15)24-20(27)17-12-22-18-7-3-4-10-25(17)18/h3-4,7-12,14H,1-2,5-6H2,(H,23,26)(H,24,27). The van der Waals surface area contributed by atoms with Gasteiger partial charge in [-0.2, -0.15) is 0 Å². The highest BCUT2D eigenvalue weighted by molar-refractivity contribution is 6.04. The van der Waals surface area contributed by atoms with Gasteiger partial charge in [0.2, 0.25) is 0 Å². The molecule has 2 heterocycles. The van der Waals surface area contributed by atoms with Gasteiger partial charge >= 0.3 is 0 Å². The molecule has 3 aromatic rings. The summed E-state index contributed by atoms with van der Waals surface area (Å²) in [4.78, 5) is 29.1. The molecule has 0 bridgehead atoms. The number of anilines is 1. The SMILES string of the molecule is O=C(NC1CCCC1)c1ccc(F)c(NC(=O)c2cnc3ccccn23)c1. The first kappa shape index (κ1) is 17.2. The van der Waals surface area contributed by atoms with Crippen LogP contribution in [0.15, 0.2) is 48.8 Å². The molecular formula is C20H19FN4O2. The summed E-state index contributed by atoms with van der Waals surface area (Å²) < 4.78 is 15.8. The zero-order valence-corrected chi connectivity index (χ0v) is 14.6. The van der Waals surface area contributed by atoms with Gasteiger partial charge in [0, 0.05) is 17.8 Å². The van der Waals surface area contributed by atoms with Crippen LogP contribution < -0.4 is 10.6 Å². The number of amides is 2. The summed E-state index contributed by atoms with van der Waals surface area (Å²) in [7, 11) is 0. The van der Waals surface area contributed by atoms with E-state index in [1.807, 2.05) is 6.07 Å². The summed E-state index contributed by atoms with van der Waals surface area (Å²) in [5, 5.41) is 5.50. The van der Waals surface area contributed by atoms with E-state index in [0.29, 0.717) is 11.2 Å². The Morgan fingerprint density at radius 1 is 1.11 bits per heavy atom. The molecule has 27 heavy (non-hydrogen) atoms. The lowest BCUT2D eigenvalue weighted by Gasteiger charge is -2.13. The number of rotatable bonds is 4. The number of pyridine rings is 1. The van der Waals surface area contributed by atoms with Crippen molar-refractivity contribution in [3.63, 3.8) is 0 Å². The Hall–Kier alpha value is -3.22. The number of hydrogen-bond acceptors (Lipinski definition) is 3. The van der Waals surface area contributed by atoms with Crippen LogP contribution in [0.5, 0.6) is 0 Å². The van der Waals surface area contributed by atoms with Crippen molar-refractivity contribution in [2.45, 2.75) is 31.7 Å². The lowest BCUT2D eigenvalue weighted by Crippen LogP contribution is -2.32. The van der Waals surface area contributed by atoms with E-state index in [0.717, 1.165) is 25.7 Å². The highest BCUT2D eigenvalue weighted by Crippen LogP contribution is 2.20. The lowest BCUT2D eigenvalue weighted by atomic mass is 10.1. The minimum absolute atomic E-state index is 0.0371. The molecule has 1 aliphatic carbocycles. The highest BCUT2D eigenvalue weighted by atomic mass is 19.1. The lowest BCUT2D eigenvalue weighted by molar-refractivity contribution is 0.0936. The van der Waals surface area contributed by atoms with Gasteiger partial charge in [0.15, 0.2) is 0 Å². The van der Waals surface area contributed by atoms with Crippen molar-refractivity contribution in [2.75, 3.05) is 5.32 Å². The van der Waals surface area contributed by atoms with Crippen LogP contribution in [0.2, 0.25) is 0 Å². The molecule has 4 rings (SSSR count). The highest BCUT2D eigenvalue weighted by Gasteiger charge is 2.20. The molecule has 2 amide bonds. The van der Waals surface area contributed by atoms with E-state index in [1.165, 1.54) is 24.4 Å². The van der Waals surface area contributed by atoms with Crippen molar-refractivity contribution in [3.05, 3.63) is 65.9 Å². The molecule has 0 atom stereocenters. The van der Waals surface area contributed by atoms with Gasteiger partial charge in [0.1, 0.15) is 17.2 Å². The fraction of sp³-hybridized carbons (Fsp3) is 0.250. The quantitative estimate of drug-likeness (QED) is 0.743. The van der Waals surface area contributed by atoms with Crippen molar-refractivity contribution in [2.24, 2.45) is 0 Å². The van der Waals surface area contributed by atoms with Gasteiger partial charge in [-0.15, -0.1) is 0 Å². The number of nitrogens with zero attached hydrogens (tertiary/aromatic N) is 2. The van der Waals surface area contributed by atoms with Crippen molar-refractivity contribution < 1.29 is 14.0 Å². The monoisotopic (exact) mass is 366 g/mol. The van der Waals surface area contributed by atoms with Crippen LogP contribution in [0.25, 0.3) is 5.65 Å². The molecule has 138 valence electrons. The number of aromatic nitrogens is 2. The summed E-state index contributed by atoms with van der Waals surface area (Å²) in [5.41, 5.74) is 1.18. The maximum Gasteiger partial charge on any atom is 0.274 e. The van der Waals surface area contributed by atoms with Crippen LogP contribution in [0, 0.1) is 5.82 Å². The van der Waals surface area contributed by atoms with Crippen molar-refractivity contribution in [1.29, 1.82) is 0 Å². The summed E-state index contributed by atoms with van der Waals surface area (Å²) in [6.45, 7) is 0. The number of carbonyl (C=O) groups excluding carboxylic acids is 2. The molecule has 0 unspecified atom stereocenters. The molecule has 6 nitrogen and oxygen atoms in total. The predicted octanol–water partition coefficient (Wildman–Crippen LogP) is 3.40. The third-order valence-corrected chi connectivity index (χ3v) is 4.82. The molecule has 7 heteroatoms. The van der Waals surface area contributed by atoms with Crippen LogP contribution in [0.3, 0.4) is 0 Å². The Bertz CT molecular complexity index is 1010. The van der Waals surface area contributed by atoms with Gasteiger partial charge < -0.3 is 10.6 Å². The summed E-state index contributed by atoms with van der Waals surface area (Å²) in [6.07, 6.45) is 7.28. The molecule has 0 spiro atoms. The predicted molar refractivity (Wildman–Crippen MR) is 99.3 cm³/mol. The molecule has 2 N–H and O–H groups in total.